The van der Waals surface area contributed by atoms with Gasteiger partial charge in [-0.1, -0.05) is 24.3 Å². The number of amides is 2. The van der Waals surface area contributed by atoms with Gasteiger partial charge in [0.2, 0.25) is 0 Å². The van der Waals surface area contributed by atoms with Crippen molar-refractivity contribution < 1.29 is 33.2 Å². The Labute approximate surface area is 217 Å². The zero-order valence-corrected chi connectivity index (χ0v) is 20.5. The van der Waals surface area contributed by atoms with E-state index >= 15 is 0 Å². The van der Waals surface area contributed by atoms with Crippen LogP contribution in [0.2, 0.25) is 0 Å². The largest absolute Gasteiger partial charge is 0.488 e. The zero-order valence-electron chi connectivity index (χ0n) is 20.5. The molecular weight excluding hydrogens is 490 g/mol. The maximum Gasteiger partial charge on any atom is 0.488 e. The van der Waals surface area contributed by atoms with Crippen molar-refractivity contribution in [3.8, 4) is 11.3 Å². The van der Waals surface area contributed by atoms with Gasteiger partial charge in [-0.3, -0.25) is 9.69 Å². The maximum absolute atomic E-state index is 13.6. The molecule has 4 aromatic rings. The molecule has 1 unspecified atom stereocenters. The number of anilines is 1. The van der Waals surface area contributed by atoms with Gasteiger partial charge in [0.15, 0.2) is 0 Å². The summed E-state index contributed by atoms with van der Waals surface area (Å²) in [6.45, 7) is 0.129. The molecule has 6 rings (SSSR count). The summed E-state index contributed by atoms with van der Waals surface area (Å²) in [6.07, 6.45) is 1.40. The van der Waals surface area contributed by atoms with Gasteiger partial charge in [0, 0.05) is 24.1 Å². The van der Waals surface area contributed by atoms with Gasteiger partial charge in [0.05, 0.1) is 17.3 Å². The third kappa shape index (κ3) is 4.11. The average Bonchev–Trinajstić information content (AvgIpc) is 3.60. The number of halogens is 1. The van der Waals surface area contributed by atoms with Crippen molar-refractivity contribution in [1.82, 2.24) is 5.32 Å². The Morgan fingerprint density at radius 1 is 1.08 bits per heavy atom. The molecule has 2 aliphatic rings. The Kier molecular flexibility index (Phi) is 5.93. The van der Waals surface area contributed by atoms with Crippen molar-refractivity contribution in [2.24, 2.45) is 0 Å². The predicted molar refractivity (Wildman–Crippen MR) is 140 cm³/mol. The average molecular weight is 514 g/mol. The molecule has 0 radical (unpaired) electrons. The van der Waals surface area contributed by atoms with Gasteiger partial charge in [-0.05, 0) is 65.7 Å². The molecule has 2 fully saturated rings. The van der Waals surface area contributed by atoms with Gasteiger partial charge < -0.3 is 24.5 Å². The van der Waals surface area contributed by atoms with Crippen molar-refractivity contribution in [3.63, 3.8) is 0 Å². The fraction of sp³-hybridized carbons (Fsp3) is 0.214. The van der Waals surface area contributed by atoms with E-state index in [0.29, 0.717) is 39.0 Å². The number of hydrogen-bond acceptors (Lipinski definition) is 6. The summed E-state index contributed by atoms with van der Waals surface area (Å²) in [5.74, 6) is -0.194. The minimum Gasteiger partial charge on any atom is -0.455 e. The third-order valence-corrected chi connectivity index (χ3v) is 7.17. The Morgan fingerprint density at radius 3 is 2.42 bits per heavy atom. The second kappa shape index (κ2) is 9.31. The normalized spacial score (nSPS) is 17.1. The number of carbonyl (C=O) groups is 2. The lowest BCUT2D eigenvalue weighted by Crippen LogP contribution is -2.31. The number of fused-ring (bicyclic) bond motifs is 1. The van der Waals surface area contributed by atoms with Crippen LogP contribution in [-0.2, 0) is 4.74 Å². The molecule has 1 saturated heterocycles. The zero-order chi connectivity index (χ0) is 26.6. The van der Waals surface area contributed by atoms with Gasteiger partial charge in [-0.15, -0.1) is 0 Å². The Bertz CT molecular complexity index is 1550. The lowest BCUT2D eigenvalue weighted by Gasteiger charge is -2.24. The summed E-state index contributed by atoms with van der Waals surface area (Å²) in [7, 11) is -0.0493. The third-order valence-electron chi connectivity index (χ3n) is 7.17. The summed E-state index contributed by atoms with van der Waals surface area (Å²) >= 11 is 0. The molecule has 3 aromatic carbocycles. The van der Waals surface area contributed by atoms with Crippen LogP contribution in [0.15, 0.2) is 65.1 Å². The van der Waals surface area contributed by atoms with E-state index in [1.54, 1.807) is 47.4 Å². The molecule has 8 nitrogen and oxygen atoms in total. The van der Waals surface area contributed by atoms with Crippen molar-refractivity contribution >= 4 is 41.2 Å². The molecule has 0 spiro atoms. The van der Waals surface area contributed by atoms with Gasteiger partial charge in [0.25, 0.3) is 5.91 Å². The molecule has 0 bridgehead atoms. The van der Waals surface area contributed by atoms with E-state index in [-0.39, 0.29) is 18.4 Å². The van der Waals surface area contributed by atoms with Gasteiger partial charge in [-0.2, -0.15) is 0 Å². The van der Waals surface area contributed by atoms with E-state index in [4.69, 9.17) is 9.15 Å². The highest BCUT2D eigenvalue weighted by atomic mass is 19.1. The molecule has 1 aliphatic carbocycles. The Morgan fingerprint density at radius 2 is 1.79 bits per heavy atom. The lowest BCUT2D eigenvalue weighted by molar-refractivity contribution is 0.0964. The van der Waals surface area contributed by atoms with Crippen LogP contribution >= 0.6 is 0 Å². The quantitative estimate of drug-likeness (QED) is 0.337. The minimum absolute atomic E-state index is 0.129. The number of rotatable bonds is 6. The predicted octanol–water partition coefficient (Wildman–Crippen LogP) is 3.85. The van der Waals surface area contributed by atoms with Crippen molar-refractivity contribution in [1.29, 1.82) is 0 Å². The molecule has 38 heavy (non-hydrogen) atoms. The number of nitrogens with one attached hydrogen (secondary N) is 1. The molecule has 1 aromatic heterocycles. The minimum atomic E-state index is -1.59. The van der Waals surface area contributed by atoms with Crippen LogP contribution in [0.1, 0.15) is 46.3 Å². The maximum atomic E-state index is 13.6. The van der Waals surface area contributed by atoms with Crippen LogP contribution in [0, 0.1) is 5.82 Å². The first kappa shape index (κ1) is 24.2. The fourth-order valence-electron chi connectivity index (χ4n) is 5.06. The highest BCUT2D eigenvalue weighted by Gasteiger charge is 2.40. The highest BCUT2D eigenvalue weighted by Crippen LogP contribution is 2.49. The van der Waals surface area contributed by atoms with Crippen LogP contribution in [0.25, 0.3) is 22.3 Å². The summed E-state index contributed by atoms with van der Waals surface area (Å²) in [4.78, 5) is 27.6. The molecule has 1 atom stereocenters. The van der Waals surface area contributed by atoms with Crippen LogP contribution in [0.4, 0.5) is 14.9 Å². The topological polar surface area (TPSA) is 112 Å². The number of benzene rings is 3. The molecule has 2 amide bonds. The van der Waals surface area contributed by atoms with Crippen LogP contribution in [-0.4, -0.2) is 42.8 Å². The first-order valence-corrected chi connectivity index (χ1v) is 12.4. The molecule has 3 N–H and O–H groups in total. The standard InChI is InChI=1S/C28H24BFN2O6/c1-31-27(33)25-21-12-20(15-2-3-15)22(13-24(21)38-26(25)17-6-10-19(30)11-7-17)32-23(14-37-28(32)34)16-4-8-18(9-5-16)29(35)36/h4-13,15,23,35-36H,2-3,14H2,1H3,(H,31,33). The number of carbonyl (C=O) groups excluding carboxylic acids is 2. The molecule has 192 valence electrons. The molecule has 2 heterocycles. The fourth-order valence-corrected chi connectivity index (χ4v) is 5.06. The van der Waals surface area contributed by atoms with Crippen molar-refractivity contribution in [2.45, 2.75) is 24.8 Å². The van der Waals surface area contributed by atoms with Crippen LogP contribution in [0.3, 0.4) is 0 Å². The Balaban J connectivity index is 1.51. The van der Waals surface area contributed by atoms with Crippen LogP contribution < -0.4 is 15.7 Å². The first-order chi connectivity index (χ1) is 18.4. The number of cyclic esters (lactones) is 1. The second-order valence-corrected chi connectivity index (χ2v) is 9.58. The van der Waals surface area contributed by atoms with E-state index in [9.17, 15) is 24.0 Å². The molecule has 1 aliphatic heterocycles. The summed E-state index contributed by atoms with van der Waals surface area (Å²) in [5.41, 5.74) is 4.00. The number of furan rings is 1. The van der Waals surface area contributed by atoms with E-state index < -0.39 is 25.1 Å². The van der Waals surface area contributed by atoms with Gasteiger partial charge in [0.1, 0.15) is 23.8 Å². The SMILES string of the molecule is CNC(=O)c1c(-c2ccc(F)cc2)oc2cc(N3C(=O)OCC3c3ccc(B(O)O)cc3)c(C3CC3)cc12. The summed E-state index contributed by atoms with van der Waals surface area (Å²) < 4.78 is 25.3. The smallest absolute Gasteiger partial charge is 0.455 e. The molecule has 10 heteroatoms. The monoisotopic (exact) mass is 514 g/mol. The molecular formula is C28H24BFN2O6. The summed E-state index contributed by atoms with van der Waals surface area (Å²) in [6, 6.07) is 15.7. The number of ether oxygens (including phenoxy) is 1. The van der Waals surface area contributed by atoms with Crippen molar-refractivity contribution in [3.05, 3.63) is 83.2 Å². The first-order valence-electron chi connectivity index (χ1n) is 12.4. The summed E-state index contributed by atoms with van der Waals surface area (Å²) in [5, 5.41) is 22.2. The molecule has 1 saturated carbocycles. The van der Waals surface area contributed by atoms with Gasteiger partial charge in [-0.25, -0.2) is 9.18 Å². The van der Waals surface area contributed by atoms with E-state index in [1.807, 2.05) is 6.07 Å². The number of hydrogen-bond donors (Lipinski definition) is 3. The van der Waals surface area contributed by atoms with E-state index in [2.05, 4.69) is 5.32 Å². The second-order valence-electron chi connectivity index (χ2n) is 9.58. The van der Waals surface area contributed by atoms with Gasteiger partial charge >= 0.3 is 13.2 Å². The number of nitrogens with zero attached hydrogens (tertiary/aromatic N) is 1. The Hall–Kier alpha value is -4.15. The van der Waals surface area contributed by atoms with E-state index in [1.165, 1.54) is 19.2 Å². The highest BCUT2D eigenvalue weighted by molar-refractivity contribution is 6.58. The van der Waals surface area contributed by atoms with E-state index in [0.717, 1.165) is 24.0 Å². The van der Waals surface area contributed by atoms with Crippen LogP contribution in [0.5, 0.6) is 0 Å². The lowest BCUT2D eigenvalue weighted by atomic mass is 9.80. The van der Waals surface area contributed by atoms with Crippen molar-refractivity contribution in [2.75, 3.05) is 18.6 Å².